The summed E-state index contributed by atoms with van der Waals surface area (Å²) < 4.78 is 5.63. The van der Waals surface area contributed by atoms with Crippen LogP contribution in [-0.2, 0) is 4.74 Å². The number of piperidine rings is 1. The second-order valence-corrected chi connectivity index (χ2v) is 6.42. The van der Waals surface area contributed by atoms with Crippen LogP contribution in [0.2, 0.25) is 0 Å². The van der Waals surface area contributed by atoms with Crippen LogP contribution in [0.25, 0.3) is 0 Å². The lowest BCUT2D eigenvalue weighted by Crippen LogP contribution is -2.55. The third-order valence-corrected chi connectivity index (χ3v) is 4.76. The minimum atomic E-state index is 0.159. The van der Waals surface area contributed by atoms with Gasteiger partial charge >= 0.3 is 0 Å². The van der Waals surface area contributed by atoms with E-state index in [1.807, 2.05) is 12.1 Å². The molecule has 0 aromatic heterocycles. The molecule has 0 radical (unpaired) electrons. The Balaban J connectivity index is 1.81. The normalized spacial score (nSPS) is 30.2. The summed E-state index contributed by atoms with van der Waals surface area (Å²) in [6.45, 7) is 5.65. The molecular weight excluding hydrogens is 250 g/mol. The minimum Gasteiger partial charge on any atom is -0.378 e. The second-order valence-electron chi connectivity index (χ2n) is 6.42. The van der Waals surface area contributed by atoms with E-state index in [2.05, 4.69) is 31.9 Å². The van der Waals surface area contributed by atoms with Gasteiger partial charge < -0.3 is 4.74 Å². The van der Waals surface area contributed by atoms with Crippen molar-refractivity contribution in [1.82, 2.24) is 4.90 Å². The fourth-order valence-corrected chi connectivity index (χ4v) is 3.66. The topological polar surface area (TPSA) is 29.5 Å². The molecule has 0 spiro atoms. The van der Waals surface area contributed by atoms with Gasteiger partial charge in [0.2, 0.25) is 0 Å². The highest BCUT2D eigenvalue weighted by Crippen LogP contribution is 2.32. The molecule has 2 fully saturated rings. The van der Waals surface area contributed by atoms with Crippen molar-refractivity contribution in [3.05, 3.63) is 34.9 Å². The van der Waals surface area contributed by atoms with Crippen molar-refractivity contribution in [1.29, 1.82) is 0 Å². The zero-order chi connectivity index (χ0) is 14.3. The molecule has 2 atom stereocenters. The van der Waals surface area contributed by atoms with Crippen LogP contribution in [0.15, 0.2) is 18.2 Å². The van der Waals surface area contributed by atoms with Crippen molar-refractivity contribution < 1.29 is 9.53 Å². The summed E-state index contributed by atoms with van der Waals surface area (Å²) in [6.07, 6.45) is 1.86. The Hall–Kier alpha value is -1.19. The first kappa shape index (κ1) is 13.8. The van der Waals surface area contributed by atoms with Crippen molar-refractivity contribution >= 4 is 5.78 Å². The summed E-state index contributed by atoms with van der Waals surface area (Å²) in [7, 11) is 2.16. The second kappa shape index (κ2) is 5.30. The van der Waals surface area contributed by atoms with Gasteiger partial charge in [-0.05, 0) is 45.9 Å². The Morgan fingerprint density at radius 1 is 1.10 bits per heavy atom. The number of hydrogen-bond donors (Lipinski definition) is 0. The van der Waals surface area contributed by atoms with E-state index in [9.17, 15) is 4.79 Å². The van der Waals surface area contributed by atoms with Gasteiger partial charge in [0.05, 0.1) is 13.2 Å². The van der Waals surface area contributed by atoms with E-state index in [-0.39, 0.29) is 5.92 Å². The zero-order valence-corrected chi connectivity index (χ0v) is 12.6. The SMILES string of the molecule is Cc1cc(C)cc(C(=O)C2CC3COCC(C2)N3C)c1. The number of likely N-dealkylation sites (N-methyl/N-ethyl adjacent to an activating group) is 1. The average molecular weight is 273 g/mol. The molecule has 20 heavy (non-hydrogen) atoms. The number of aryl methyl sites for hydroxylation is 2. The number of ketones is 1. The molecule has 0 amide bonds. The maximum absolute atomic E-state index is 12.8. The highest BCUT2D eigenvalue weighted by molar-refractivity contribution is 5.98. The first-order valence-electron chi connectivity index (χ1n) is 7.47. The fourth-order valence-electron chi connectivity index (χ4n) is 3.66. The van der Waals surface area contributed by atoms with Crippen molar-refractivity contribution in [3.8, 4) is 0 Å². The van der Waals surface area contributed by atoms with Crippen LogP contribution in [-0.4, -0.2) is 43.0 Å². The smallest absolute Gasteiger partial charge is 0.166 e. The first-order chi connectivity index (χ1) is 9.54. The number of hydrogen-bond acceptors (Lipinski definition) is 3. The molecule has 3 nitrogen and oxygen atoms in total. The number of carbonyl (C=O) groups excluding carboxylic acids is 1. The van der Waals surface area contributed by atoms with E-state index in [0.29, 0.717) is 17.9 Å². The summed E-state index contributed by atoms with van der Waals surface area (Å²) in [5.41, 5.74) is 3.23. The third-order valence-electron chi connectivity index (χ3n) is 4.76. The number of rotatable bonds is 2. The van der Waals surface area contributed by atoms with Gasteiger partial charge in [0.1, 0.15) is 0 Å². The van der Waals surface area contributed by atoms with Crippen molar-refractivity contribution in [2.75, 3.05) is 20.3 Å². The maximum atomic E-state index is 12.8. The summed E-state index contributed by atoms with van der Waals surface area (Å²) in [5, 5.41) is 0. The molecule has 3 heteroatoms. The number of ether oxygens (including phenoxy) is 1. The van der Waals surface area contributed by atoms with E-state index in [1.165, 1.54) is 11.1 Å². The number of Topliss-reactive ketones (excluding diaryl/α,β-unsaturated/α-hetero) is 1. The van der Waals surface area contributed by atoms with Crippen LogP contribution in [0, 0.1) is 19.8 Å². The number of carbonyl (C=O) groups is 1. The Kier molecular flexibility index (Phi) is 3.65. The number of nitrogens with zero attached hydrogens (tertiary/aromatic N) is 1. The summed E-state index contributed by atoms with van der Waals surface area (Å²) in [6, 6.07) is 6.98. The summed E-state index contributed by atoms with van der Waals surface area (Å²) in [5.74, 6) is 0.480. The lowest BCUT2D eigenvalue weighted by Gasteiger charge is -2.46. The Morgan fingerprint density at radius 2 is 1.65 bits per heavy atom. The molecule has 2 aliphatic heterocycles. The highest BCUT2D eigenvalue weighted by atomic mass is 16.5. The van der Waals surface area contributed by atoms with Crippen LogP contribution in [0.3, 0.4) is 0 Å². The molecule has 2 bridgehead atoms. The average Bonchev–Trinajstić information content (AvgIpc) is 2.36. The van der Waals surface area contributed by atoms with Gasteiger partial charge in [-0.2, -0.15) is 0 Å². The molecule has 1 aromatic rings. The highest BCUT2D eigenvalue weighted by Gasteiger charge is 2.39. The molecular formula is C17H23NO2. The quantitative estimate of drug-likeness (QED) is 0.776. The van der Waals surface area contributed by atoms with Crippen LogP contribution in [0.5, 0.6) is 0 Å². The van der Waals surface area contributed by atoms with E-state index in [1.54, 1.807) is 0 Å². The Morgan fingerprint density at radius 3 is 2.20 bits per heavy atom. The van der Waals surface area contributed by atoms with E-state index >= 15 is 0 Å². The fraction of sp³-hybridized carbons (Fsp3) is 0.588. The number of benzene rings is 1. The molecule has 108 valence electrons. The molecule has 2 heterocycles. The standard InChI is InChI=1S/C17H23NO2/c1-11-4-12(2)6-13(5-11)17(19)14-7-15-9-20-10-16(8-14)18(15)3/h4-6,14-16H,7-10H2,1-3H3. The predicted octanol–water partition coefficient (Wildman–Crippen LogP) is 2.60. The van der Waals surface area contributed by atoms with Crippen LogP contribution in [0.4, 0.5) is 0 Å². The van der Waals surface area contributed by atoms with Gasteiger partial charge in [-0.3, -0.25) is 9.69 Å². The Bertz CT molecular complexity index is 491. The van der Waals surface area contributed by atoms with Crippen LogP contribution < -0.4 is 0 Å². The molecule has 0 N–H and O–H groups in total. The maximum Gasteiger partial charge on any atom is 0.166 e. The number of morpholine rings is 1. The monoisotopic (exact) mass is 273 g/mol. The summed E-state index contributed by atoms with van der Waals surface area (Å²) >= 11 is 0. The van der Waals surface area contributed by atoms with Crippen molar-refractivity contribution in [2.45, 2.75) is 38.8 Å². The number of fused-ring (bicyclic) bond motifs is 2. The molecule has 2 unspecified atom stereocenters. The molecule has 0 saturated carbocycles. The first-order valence-corrected chi connectivity index (χ1v) is 7.47. The van der Waals surface area contributed by atoms with E-state index < -0.39 is 0 Å². The van der Waals surface area contributed by atoms with Gasteiger partial charge in [0.25, 0.3) is 0 Å². The van der Waals surface area contributed by atoms with Crippen molar-refractivity contribution in [2.24, 2.45) is 5.92 Å². The molecule has 1 aromatic carbocycles. The zero-order valence-electron chi connectivity index (χ0n) is 12.6. The van der Waals surface area contributed by atoms with Gasteiger partial charge in [0, 0.05) is 23.6 Å². The third kappa shape index (κ3) is 2.52. The molecule has 2 aliphatic rings. The summed E-state index contributed by atoms with van der Waals surface area (Å²) in [4.78, 5) is 15.2. The van der Waals surface area contributed by atoms with Gasteiger partial charge in [-0.25, -0.2) is 0 Å². The van der Waals surface area contributed by atoms with Gasteiger partial charge in [-0.15, -0.1) is 0 Å². The van der Waals surface area contributed by atoms with Gasteiger partial charge in [0.15, 0.2) is 5.78 Å². The Labute approximate surface area is 120 Å². The minimum absolute atomic E-state index is 0.159. The molecule has 3 rings (SSSR count). The van der Waals surface area contributed by atoms with E-state index in [0.717, 1.165) is 31.6 Å². The lowest BCUT2D eigenvalue weighted by atomic mass is 9.80. The molecule has 0 aliphatic carbocycles. The van der Waals surface area contributed by atoms with Crippen LogP contribution in [0.1, 0.15) is 34.3 Å². The van der Waals surface area contributed by atoms with Gasteiger partial charge in [-0.1, -0.05) is 17.2 Å². The van der Waals surface area contributed by atoms with Crippen LogP contribution >= 0.6 is 0 Å². The van der Waals surface area contributed by atoms with Crippen molar-refractivity contribution in [3.63, 3.8) is 0 Å². The largest absolute Gasteiger partial charge is 0.378 e. The predicted molar refractivity (Wildman–Crippen MR) is 79.1 cm³/mol. The molecule has 2 saturated heterocycles. The lowest BCUT2D eigenvalue weighted by molar-refractivity contribution is -0.0702. The van der Waals surface area contributed by atoms with E-state index in [4.69, 9.17) is 4.74 Å².